The number of aryl methyl sites for hydroxylation is 2. The maximum Gasteiger partial charge on any atom is 0.253 e. The lowest BCUT2D eigenvalue weighted by atomic mass is 10.1. The predicted octanol–water partition coefficient (Wildman–Crippen LogP) is 3.63. The van der Waals surface area contributed by atoms with Crippen LogP contribution in [0.25, 0.3) is 0 Å². The van der Waals surface area contributed by atoms with Crippen molar-refractivity contribution in [3.05, 3.63) is 59.2 Å². The van der Waals surface area contributed by atoms with Gasteiger partial charge in [0.25, 0.3) is 5.91 Å². The summed E-state index contributed by atoms with van der Waals surface area (Å²) in [6.07, 6.45) is 2.14. The largest absolute Gasteiger partial charge is 0.352 e. The summed E-state index contributed by atoms with van der Waals surface area (Å²) in [6, 6.07) is 11.2. The van der Waals surface area contributed by atoms with Gasteiger partial charge < -0.3 is 10.6 Å². The summed E-state index contributed by atoms with van der Waals surface area (Å²) in [6.45, 7) is 7.91. The van der Waals surface area contributed by atoms with Crippen LogP contribution >= 0.6 is 0 Å². The average Bonchev–Trinajstić information content (AvgIpc) is 2.71. The van der Waals surface area contributed by atoms with Gasteiger partial charge in [-0.3, -0.25) is 13.9 Å². The van der Waals surface area contributed by atoms with E-state index in [-0.39, 0.29) is 12.3 Å². The molecule has 0 aliphatic heterocycles. The topological polar surface area (TPSA) is 95.6 Å². The predicted molar refractivity (Wildman–Crippen MR) is 125 cm³/mol. The van der Waals surface area contributed by atoms with Gasteiger partial charge in [-0.05, 0) is 56.0 Å². The molecule has 0 aliphatic rings. The van der Waals surface area contributed by atoms with Crippen LogP contribution in [-0.4, -0.2) is 39.1 Å². The Kier molecular flexibility index (Phi) is 8.21. The number of carbonyl (C=O) groups excluding carboxylic acids is 2. The summed E-state index contributed by atoms with van der Waals surface area (Å²) in [7, 11) is -3.75. The highest BCUT2D eigenvalue weighted by molar-refractivity contribution is 7.92. The fraction of sp³-hybridized carbons (Fsp3) is 0.391. The lowest BCUT2D eigenvalue weighted by Crippen LogP contribution is -2.47. The first-order valence-electron chi connectivity index (χ1n) is 10.3. The van der Waals surface area contributed by atoms with Crippen molar-refractivity contribution in [1.82, 2.24) is 5.32 Å². The van der Waals surface area contributed by atoms with E-state index in [1.807, 2.05) is 32.9 Å². The third kappa shape index (κ3) is 6.07. The Hall–Kier alpha value is -2.87. The Balaban J connectivity index is 2.42. The van der Waals surface area contributed by atoms with Gasteiger partial charge in [0, 0.05) is 6.54 Å². The Morgan fingerprint density at radius 3 is 2.35 bits per heavy atom. The second-order valence-corrected chi connectivity index (χ2v) is 9.42. The fourth-order valence-electron chi connectivity index (χ4n) is 3.33. The quantitative estimate of drug-likeness (QED) is 0.616. The standard InChI is InChI=1S/C23H31N3O4S/c1-6-14-24-22(27)18-10-8-9-11-19(18)25-23(28)20(7-2)26(31(5,29)30)21-15-16(3)12-13-17(21)4/h8-13,15,20H,6-7,14H2,1-5H3,(H,24,27)(H,25,28)/t20-/m1/s1. The molecular weight excluding hydrogens is 414 g/mol. The summed E-state index contributed by atoms with van der Waals surface area (Å²) < 4.78 is 26.6. The molecule has 0 saturated carbocycles. The minimum absolute atomic E-state index is 0.260. The van der Waals surface area contributed by atoms with Crippen molar-refractivity contribution < 1.29 is 18.0 Å². The van der Waals surface area contributed by atoms with Gasteiger partial charge >= 0.3 is 0 Å². The molecule has 2 amide bonds. The molecular formula is C23H31N3O4S. The monoisotopic (exact) mass is 445 g/mol. The zero-order valence-corrected chi connectivity index (χ0v) is 19.5. The summed E-state index contributed by atoms with van der Waals surface area (Å²) in [5.74, 6) is -0.787. The zero-order valence-electron chi connectivity index (χ0n) is 18.7. The summed E-state index contributed by atoms with van der Waals surface area (Å²) in [5, 5.41) is 5.56. The van der Waals surface area contributed by atoms with Crippen LogP contribution in [0.1, 0.15) is 48.2 Å². The van der Waals surface area contributed by atoms with Crippen LogP contribution in [-0.2, 0) is 14.8 Å². The van der Waals surface area contributed by atoms with Crippen molar-refractivity contribution in [2.24, 2.45) is 0 Å². The molecule has 0 aliphatic carbocycles. The van der Waals surface area contributed by atoms with Crippen LogP contribution in [0, 0.1) is 13.8 Å². The Morgan fingerprint density at radius 2 is 1.74 bits per heavy atom. The lowest BCUT2D eigenvalue weighted by molar-refractivity contribution is -0.117. The van der Waals surface area contributed by atoms with Gasteiger partial charge in [-0.25, -0.2) is 8.42 Å². The highest BCUT2D eigenvalue weighted by Crippen LogP contribution is 2.28. The van der Waals surface area contributed by atoms with E-state index in [4.69, 9.17) is 0 Å². The van der Waals surface area contributed by atoms with Crippen LogP contribution in [0.15, 0.2) is 42.5 Å². The van der Waals surface area contributed by atoms with Crippen molar-refractivity contribution in [2.75, 3.05) is 22.4 Å². The number of anilines is 2. The molecule has 0 unspecified atom stereocenters. The zero-order chi connectivity index (χ0) is 23.2. The smallest absolute Gasteiger partial charge is 0.253 e. The minimum Gasteiger partial charge on any atom is -0.352 e. The number of para-hydroxylation sites is 1. The maximum atomic E-state index is 13.2. The third-order valence-corrected chi connectivity index (χ3v) is 6.06. The van der Waals surface area contributed by atoms with E-state index in [1.54, 1.807) is 37.3 Å². The second-order valence-electron chi connectivity index (χ2n) is 7.56. The number of hydrogen-bond acceptors (Lipinski definition) is 4. The van der Waals surface area contributed by atoms with E-state index in [2.05, 4.69) is 10.6 Å². The van der Waals surface area contributed by atoms with E-state index in [0.717, 1.165) is 23.8 Å². The molecule has 1 atom stereocenters. The molecule has 0 fully saturated rings. The molecule has 0 bridgehead atoms. The molecule has 2 aromatic carbocycles. The van der Waals surface area contributed by atoms with Gasteiger partial charge in [-0.2, -0.15) is 0 Å². The van der Waals surface area contributed by atoms with E-state index in [9.17, 15) is 18.0 Å². The van der Waals surface area contributed by atoms with Crippen molar-refractivity contribution in [2.45, 2.75) is 46.6 Å². The molecule has 0 radical (unpaired) electrons. The number of amides is 2. The molecule has 2 aromatic rings. The highest BCUT2D eigenvalue weighted by atomic mass is 32.2. The maximum absolute atomic E-state index is 13.2. The molecule has 2 rings (SSSR count). The normalized spacial score (nSPS) is 12.2. The number of sulfonamides is 1. The first kappa shape index (κ1) is 24.4. The fourth-order valence-corrected chi connectivity index (χ4v) is 4.59. The number of nitrogens with zero attached hydrogens (tertiary/aromatic N) is 1. The number of benzene rings is 2. The second kappa shape index (κ2) is 10.4. The SMILES string of the molecule is CCCNC(=O)c1ccccc1NC(=O)[C@@H](CC)N(c1cc(C)ccc1C)S(C)(=O)=O. The number of carbonyl (C=O) groups is 2. The van der Waals surface area contributed by atoms with Crippen LogP contribution in [0.5, 0.6) is 0 Å². The molecule has 0 spiro atoms. The van der Waals surface area contributed by atoms with Crippen LogP contribution in [0.4, 0.5) is 11.4 Å². The average molecular weight is 446 g/mol. The Bertz CT molecular complexity index is 1050. The molecule has 7 nitrogen and oxygen atoms in total. The summed E-state index contributed by atoms with van der Waals surface area (Å²) in [5.41, 5.74) is 2.79. The molecule has 0 aromatic heterocycles. The van der Waals surface area contributed by atoms with Gasteiger partial charge in [0.1, 0.15) is 6.04 Å². The van der Waals surface area contributed by atoms with Crippen LogP contribution in [0.3, 0.4) is 0 Å². The first-order chi connectivity index (χ1) is 14.6. The molecule has 2 N–H and O–H groups in total. The molecule has 0 saturated heterocycles. The number of hydrogen-bond donors (Lipinski definition) is 2. The highest BCUT2D eigenvalue weighted by Gasteiger charge is 2.33. The van der Waals surface area contributed by atoms with E-state index >= 15 is 0 Å². The van der Waals surface area contributed by atoms with Gasteiger partial charge in [0.2, 0.25) is 15.9 Å². The van der Waals surface area contributed by atoms with Crippen molar-refractivity contribution in [3.8, 4) is 0 Å². The number of rotatable bonds is 9. The number of nitrogens with one attached hydrogen (secondary N) is 2. The molecule has 168 valence electrons. The molecule has 31 heavy (non-hydrogen) atoms. The van der Waals surface area contributed by atoms with E-state index in [0.29, 0.717) is 23.5 Å². The molecule has 8 heteroatoms. The van der Waals surface area contributed by atoms with Crippen LogP contribution in [0.2, 0.25) is 0 Å². The summed E-state index contributed by atoms with van der Waals surface area (Å²) >= 11 is 0. The third-order valence-electron chi connectivity index (χ3n) is 4.90. The van der Waals surface area contributed by atoms with E-state index in [1.165, 1.54) is 4.31 Å². The van der Waals surface area contributed by atoms with Crippen molar-refractivity contribution in [1.29, 1.82) is 0 Å². The van der Waals surface area contributed by atoms with E-state index < -0.39 is 22.0 Å². The lowest BCUT2D eigenvalue weighted by Gasteiger charge is -2.31. The van der Waals surface area contributed by atoms with Gasteiger partial charge in [0.15, 0.2) is 0 Å². The van der Waals surface area contributed by atoms with Gasteiger partial charge in [-0.15, -0.1) is 0 Å². The molecule has 0 heterocycles. The Morgan fingerprint density at radius 1 is 1.06 bits per heavy atom. The Labute approximate surface area is 184 Å². The van der Waals surface area contributed by atoms with Gasteiger partial charge in [-0.1, -0.05) is 38.1 Å². The van der Waals surface area contributed by atoms with Gasteiger partial charge in [0.05, 0.1) is 23.2 Å². The minimum atomic E-state index is -3.75. The summed E-state index contributed by atoms with van der Waals surface area (Å²) in [4.78, 5) is 25.7. The van der Waals surface area contributed by atoms with Crippen LogP contribution < -0.4 is 14.9 Å². The van der Waals surface area contributed by atoms with Crippen molar-refractivity contribution >= 4 is 33.2 Å². The van der Waals surface area contributed by atoms with Crippen molar-refractivity contribution in [3.63, 3.8) is 0 Å². The first-order valence-corrected chi connectivity index (χ1v) is 12.2.